The van der Waals surface area contributed by atoms with E-state index in [4.69, 9.17) is 0 Å². The van der Waals surface area contributed by atoms with Crippen LogP contribution in [0.15, 0.2) is 25.3 Å². The molecule has 4 heteroatoms. The Bertz CT molecular complexity index is 250. The van der Waals surface area contributed by atoms with Gasteiger partial charge >= 0.3 is 0 Å². The predicted molar refractivity (Wildman–Crippen MR) is 88.6 cm³/mol. The average molecular weight is 282 g/mol. The lowest BCUT2D eigenvalue weighted by molar-refractivity contribution is 0.134. The van der Waals surface area contributed by atoms with Crippen molar-refractivity contribution >= 4 is 8.80 Å². The minimum absolute atomic E-state index is 0.438. The summed E-state index contributed by atoms with van der Waals surface area (Å²) in [6, 6.07) is 0. The summed E-state index contributed by atoms with van der Waals surface area (Å²) in [5, 5.41) is 0. The van der Waals surface area contributed by atoms with Crippen molar-refractivity contribution in [2.75, 3.05) is 58.5 Å². The van der Waals surface area contributed by atoms with Gasteiger partial charge in [-0.25, -0.2) is 0 Å². The molecular formula is C15H31N3Si. The third-order valence-corrected chi connectivity index (χ3v) is 4.84. The SMILES string of the molecule is C=CCN(CC=C)CCN1CCN(C[SiH](C)C)CC1. The van der Waals surface area contributed by atoms with E-state index in [1.165, 1.54) is 38.9 Å². The van der Waals surface area contributed by atoms with Crippen LogP contribution in [0.2, 0.25) is 13.1 Å². The fourth-order valence-electron chi connectivity index (χ4n) is 2.62. The van der Waals surface area contributed by atoms with Crippen LogP contribution >= 0.6 is 0 Å². The van der Waals surface area contributed by atoms with Crippen molar-refractivity contribution in [3.8, 4) is 0 Å². The van der Waals surface area contributed by atoms with Crippen molar-refractivity contribution < 1.29 is 0 Å². The van der Waals surface area contributed by atoms with Crippen molar-refractivity contribution in [2.24, 2.45) is 0 Å². The zero-order valence-electron chi connectivity index (χ0n) is 12.9. The fourth-order valence-corrected chi connectivity index (χ4v) is 4.01. The molecule has 0 saturated carbocycles. The maximum Gasteiger partial charge on any atom is 0.0469 e. The van der Waals surface area contributed by atoms with Crippen LogP contribution < -0.4 is 0 Å². The lowest BCUT2D eigenvalue weighted by atomic mass is 10.3. The van der Waals surface area contributed by atoms with E-state index in [-0.39, 0.29) is 0 Å². The van der Waals surface area contributed by atoms with Gasteiger partial charge in [-0.15, -0.1) is 13.2 Å². The largest absolute Gasteiger partial charge is 0.304 e. The zero-order valence-corrected chi connectivity index (χ0v) is 14.0. The van der Waals surface area contributed by atoms with Crippen LogP contribution in [0.4, 0.5) is 0 Å². The van der Waals surface area contributed by atoms with E-state index >= 15 is 0 Å². The molecule has 0 atom stereocenters. The molecule has 1 rings (SSSR count). The molecule has 0 amide bonds. The van der Waals surface area contributed by atoms with Crippen LogP contribution in [-0.4, -0.2) is 82.0 Å². The first-order valence-corrected chi connectivity index (χ1v) is 10.7. The van der Waals surface area contributed by atoms with Crippen LogP contribution in [-0.2, 0) is 0 Å². The standard InChI is InChI=1S/C15H31N3Si/c1-5-7-16(8-6-2)9-10-17-11-13-18(14-12-17)15-19(3)4/h5-6,19H,1-2,7-15H2,3-4H3. The summed E-state index contributed by atoms with van der Waals surface area (Å²) in [6.45, 7) is 21.7. The van der Waals surface area contributed by atoms with Crippen molar-refractivity contribution in [1.29, 1.82) is 0 Å². The summed E-state index contributed by atoms with van der Waals surface area (Å²) >= 11 is 0. The number of hydrogen-bond acceptors (Lipinski definition) is 3. The van der Waals surface area contributed by atoms with E-state index in [0.717, 1.165) is 19.6 Å². The molecule has 0 N–H and O–H groups in total. The average Bonchev–Trinajstić information content (AvgIpc) is 2.37. The second-order valence-electron chi connectivity index (χ2n) is 5.87. The summed E-state index contributed by atoms with van der Waals surface area (Å²) in [4.78, 5) is 7.64. The minimum Gasteiger partial charge on any atom is -0.304 e. The highest BCUT2D eigenvalue weighted by molar-refractivity contribution is 6.55. The smallest absolute Gasteiger partial charge is 0.0469 e. The monoisotopic (exact) mass is 281 g/mol. The van der Waals surface area contributed by atoms with E-state index in [9.17, 15) is 0 Å². The van der Waals surface area contributed by atoms with Gasteiger partial charge in [0.2, 0.25) is 0 Å². The first kappa shape index (κ1) is 16.6. The molecule has 0 radical (unpaired) electrons. The van der Waals surface area contributed by atoms with Gasteiger partial charge in [-0.1, -0.05) is 25.2 Å². The van der Waals surface area contributed by atoms with Gasteiger partial charge in [0.1, 0.15) is 0 Å². The van der Waals surface area contributed by atoms with Gasteiger partial charge in [-0.3, -0.25) is 9.80 Å². The number of rotatable bonds is 9. The van der Waals surface area contributed by atoms with Gasteiger partial charge < -0.3 is 4.90 Å². The highest BCUT2D eigenvalue weighted by Crippen LogP contribution is 2.03. The molecule has 1 saturated heterocycles. The summed E-state index contributed by atoms with van der Waals surface area (Å²) in [5.74, 6) is 0. The van der Waals surface area contributed by atoms with Gasteiger partial charge in [0.05, 0.1) is 0 Å². The molecule has 0 aromatic rings. The van der Waals surface area contributed by atoms with Gasteiger partial charge in [-0.2, -0.15) is 0 Å². The zero-order chi connectivity index (χ0) is 14.1. The molecule has 1 fully saturated rings. The van der Waals surface area contributed by atoms with E-state index in [1.54, 1.807) is 0 Å². The van der Waals surface area contributed by atoms with Crippen LogP contribution in [0, 0.1) is 0 Å². The Morgan fingerprint density at radius 1 is 1.00 bits per heavy atom. The third-order valence-electron chi connectivity index (χ3n) is 3.60. The minimum atomic E-state index is -0.438. The number of hydrogen-bond donors (Lipinski definition) is 0. The summed E-state index contributed by atoms with van der Waals surface area (Å²) < 4.78 is 0. The second kappa shape index (κ2) is 9.48. The second-order valence-corrected chi connectivity index (χ2v) is 9.03. The lowest BCUT2D eigenvalue weighted by Crippen LogP contribution is -2.50. The van der Waals surface area contributed by atoms with Crippen molar-refractivity contribution in [3.63, 3.8) is 0 Å². The highest BCUT2D eigenvalue weighted by Gasteiger charge is 2.17. The van der Waals surface area contributed by atoms with Gasteiger partial charge in [0.15, 0.2) is 0 Å². The topological polar surface area (TPSA) is 9.72 Å². The Morgan fingerprint density at radius 2 is 1.53 bits per heavy atom. The van der Waals surface area contributed by atoms with Gasteiger partial charge in [0, 0.05) is 61.2 Å². The maximum atomic E-state index is 3.82. The molecule has 110 valence electrons. The molecular weight excluding hydrogens is 250 g/mol. The number of nitrogens with zero attached hydrogens (tertiary/aromatic N) is 3. The van der Waals surface area contributed by atoms with Crippen LogP contribution in [0.1, 0.15) is 0 Å². The molecule has 1 aliphatic heterocycles. The Labute approximate surface area is 121 Å². The van der Waals surface area contributed by atoms with Crippen LogP contribution in [0.3, 0.4) is 0 Å². The Morgan fingerprint density at radius 3 is 2.00 bits per heavy atom. The summed E-state index contributed by atoms with van der Waals surface area (Å²) in [6.07, 6.45) is 5.34. The highest BCUT2D eigenvalue weighted by atomic mass is 28.3. The molecule has 0 aromatic heterocycles. The van der Waals surface area contributed by atoms with Gasteiger partial charge in [0.25, 0.3) is 0 Å². The molecule has 0 aromatic carbocycles. The van der Waals surface area contributed by atoms with E-state index in [0.29, 0.717) is 0 Å². The maximum absolute atomic E-state index is 3.82. The fraction of sp³-hybridized carbons (Fsp3) is 0.733. The Kier molecular flexibility index (Phi) is 8.29. The Balaban J connectivity index is 2.20. The predicted octanol–water partition coefficient (Wildman–Crippen LogP) is 1.30. The molecule has 1 heterocycles. The molecule has 19 heavy (non-hydrogen) atoms. The van der Waals surface area contributed by atoms with Crippen molar-refractivity contribution in [2.45, 2.75) is 13.1 Å². The lowest BCUT2D eigenvalue weighted by Gasteiger charge is -2.36. The van der Waals surface area contributed by atoms with E-state index in [1.807, 2.05) is 12.2 Å². The number of piperazine rings is 1. The molecule has 0 bridgehead atoms. The molecule has 0 unspecified atom stereocenters. The summed E-state index contributed by atoms with van der Waals surface area (Å²) in [5.41, 5.74) is 0. The van der Waals surface area contributed by atoms with Crippen molar-refractivity contribution in [3.05, 3.63) is 25.3 Å². The first-order valence-electron chi connectivity index (χ1n) is 7.54. The van der Waals surface area contributed by atoms with Crippen LogP contribution in [0.25, 0.3) is 0 Å². The van der Waals surface area contributed by atoms with Gasteiger partial charge in [-0.05, 0) is 6.17 Å². The van der Waals surface area contributed by atoms with Crippen molar-refractivity contribution in [1.82, 2.24) is 14.7 Å². The molecule has 3 nitrogen and oxygen atoms in total. The normalized spacial score (nSPS) is 18.1. The van der Waals surface area contributed by atoms with E-state index in [2.05, 4.69) is 41.0 Å². The first-order chi connectivity index (χ1) is 9.15. The molecule has 0 spiro atoms. The Hall–Kier alpha value is -0.423. The molecule has 0 aliphatic carbocycles. The quantitative estimate of drug-likeness (QED) is 0.466. The third kappa shape index (κ3) is 7.06. The van der Waals surface area contributed by atoms with E-state index < -0.39 is 8.80 Å². The molecule has 1 aliphatic rings. The summed E-state index contributed by atoms with van der Waals surface area (Å²) in [7, 11) is -0.438. The van der Waals surface area contributed by atoms with Crippen LogP contribution in [0.5, 0.6) is 0 Å².